The topological polar surface area (TPSA) is 38.0 Å². The molecule has 2 aromatic carbocycles. The second-order valence-electron chi connectivity index (χ2n) is 4.19. The maximum atomic E-state index is 13.8. The highest BCUT2D eigenvalue weighted by molar-refractivity contribution is 6.30. The Labute approximate surface area is 115 Å². The zero-order valence-corrected chi connectivity index (χ0v) is 10.8. The van der Waals surface area contributed by atoms with Gasteiger partial charge in [-0.05, 0) is 35.7 Å². The zero-order chi connectivity index (χ0) is 13.8. The van der Waals surface area contributed by atoms with Gasteiger partial charge in [-0.1, -0.05) is 35.9 Å². The third-order valence-electron chi connectivity index (χ3n) is 2.91. The van der Waals surface area contributed by atoms with Crippen molar-refractivity contribution in [3.63, 3.8) is 0 Å². The molecule has 2 nitrogen and oxygen atoms in total. The summed E-state index contributed by atoms with van der Waals surface area (Å²) in [6.45, 7) is 0. The molecule has 0 amide bonds. The van der Waals surface area contributed by atoms with Crippen LogP contribution in [0.15, 0.2) is 42.5 Å². The van der Waals surface area contributed by atoms with Crippen molar-refractivity contribution < 1.29 is 8.78 Å². The first-order valence-corrected chi connectivity index (χ1v) is 6.14. The number of hydrogen-bond acceptors (Lipinski definition) is 2. The smallest absolute Gasteiger partial charge is 0.145 e. The van der Waals surface area contributed by atoms with Gasteiger partial charge in [0.05, 0.1) is 11.1 Å². The summed E-state index contributed by atoms with van der Waals surface area (Å²) in [5, 5.41) is 0.0625. The molecule has 0 saturated carbocycles. The Kier molecular flexibility index (Phi) is 4.47. The van der Waals surface area contributed by atoms with Crippen LogP contribution in [0.2, 0.25) is 5.02 Å². The van der Waals surface area contributed by atoms with Crippen LogP contribution in [0.3, 0.4) is 0 Å². The van der Waals surface area contributed by atoms with Crippen molar-refractivity contribution in [2.45, 2.75) is 12.5 Å². The monoisotopic (exact) mass is 282 g/mol. The lowest BCUT2D eigenvalue weighted by Crippen LogP contribution is -2.29. The summed E-state index contributed by atoms with van der Waals surface area (Å²) in [4.78, 5) is 0. The molecular weight excluding hydrogens is 270 g/mol. The Morgan fingerprint density at radius 1 is 1.16 bits per heavy atom. The zero-order valence-electron chi connectivity index (χ0n) is 10.0. The standard InChI is InChI=1S/C14H13ClF2N2/c15-12-6-2-4-10(14(12)17)8-13(19-18)9-3-1-5-11(16)7-9/h1-7,13,19H,8,18H2. The van der Waals surface area contributed by atoms with E-state index < -0.39 is 5.82 Å². The normalized spacial score (nSPS) is 12.4. The van der Waals surface area contributed by atoms with E-state index >= 15 is 0 Å². The highest BCUT2D eigenvalue weighted by Crippen LogP contribution is 2.23. The van der Waals surface area contributed by atoms with Gasteiger partial charge in [-0.3, -0.25) is 11.3 Å². The van der Waals surface area contributed by atoms with Crippen molar-refractivity contribution in [1.29, 1.82) is 0 Å². The van der Waals surface area contributed by atoms with Gasteiger partial charge in [0.2, 0.25) is 0 Å². The number of nitrogens with one attached hydrogen (secondary N) is 1. The molecule has 2 rings (SSSR count). The first-order valence-electron chi connectivity index (χ1n) is 5.76. The Morgan fingerprint density at radius 3 is 2.58 bits per heavy atom. The summed E-state index contributed by atoms with van der Waals surface area (Å²) in [6, 6.07) is 10.4. The Hall–Kier alpha value is -1.49. The SMILES string of the molecule is NNC(Cc1cccc(Cl)c1F)c1cccc(F)c1. The molecule has 0 spiro atoms. The van der Waals surface area contributed by atoms with Crippen LogP contribution in [0, 0.1) is 11.6 Å². The predicted octanol–water partition coefficient (Wildman–Crippen LogP) is 3.37. The van der Waals surface area contributed by atoms with Crippen molar-refractivity contribution in [3.05, 3.63) is 70.2 Å². The largest absolute Gasteiger partial charge is 0.271 e. The summed E-state index contributed by atoms with van der Waals surface area (Å²) in [5.41, 5.74) is 3.65. The Balaban J connectivity index is 2.26. The number of benzene rings is 2. The second-order valence-corrected chi connectivity index (χ2v) is 4.60. The van der Waals surface area contributed by atoms with Gasteiger partial charge in [-0.2, -0.15) is 0 Å². The molecule has 3 N–H and O–H groups in total. The minimum absolute atomic E-state index is 0.0625. The quantitative estimate of drug-likeness (QED) is 0.666. The van der Waals surface area contributed by atoms with Crippen LogP contribution in [0.4, 0.5) is 8.78 Å². The van der Waals surface area contributed by atoms with Crippen LogP contribution in [-0.4, -0.2) is 0 Å². The average molecular weight is 283 g/mol. The summed E-state index contributed by atoms with van der Waals surface area (Å²) in [6.07, 6.45) is 0.284. The molecule has 0 fully saturated rings. The summed E-state index contributed by atoms with van der Waals surface area (Å²) < 4.78 is 27.0. The number of hydrazine groups is 1. The third-order valence-corrected chi connectivity index (χ3v) is 3.20. The highest BCUT2D eigenvalue weighted by Gasteiger charge is 2.15. The lowest BCUT2D eigenvalue weighted by molar-refractivity contribution is 0.525. The average Bonchev–Trinajstić information content (AvgIpc) is 2.40. The van der Waals surface area contributed by atoms with Gasteiger partial charge in [0.15, 0.2) is 0 Å². The fraction of sp³-hybridized carbons (Fsp3) is 0.143. The minimum atomic E-state index is -0.471. The lowest BCUT2D eigenvalue weighted by atomic mass is 9.99. The van der Waals surface area contributed by atoms with Gasteiger partial charge in [-0.25, -0.2) is 8.78 Å². The molecule has 0 saturated heterocycles. The number of halogens is 3. The maximum absolute atomic E-state index is 13.8. The van der Waals surface area contributed by atoms with Crippen LogP contribution in [0.5, 0.6) is 0 Å². The molecule has 1 unspecified atom stereocenters. The van der Waals surface area contributed by atoms with Gasteiger partial charge < -0.3 is 0 Å². The van der Waals surface area contributed by atoms with E-state index in [9.17, 15) is 8.78 Å². The van der Waals surface area contributed by atoms with Gasteiger partial charge in [0.25, 0.3) is 0 Å². The van der Waals surface area contributed by atoms with E-state index in [4.69, 9.17) is 17.4 Å². The van der Waals surface area contributed by atoms with E-state index in [-0.39, 0.29) is 23.3 Å². The van der Waals surface area contributed by atoms with Crippen molar-refractivity contribution in [2.75, 3.05) is 0 Å². The molecule has 5 heteroatoms. The van der Waals surface area contributed by atoms with Gasteiger partial charge in [0, 0.05) is 0 Å². The molecule has 0 radical (unpaired) electrons. The molecule has 0 bridgehead atoms. The molecule has 0 aromatic heterocycles. The van der Waals surface area contributed by atoms with E-state index in [1.165, 1.54) is 18.2 Å². The second kappa shape index (κ2) is 6.10. The minimum Gasteiger partial charge on any atom is -0.271 e. The van der Waals surface area contributed by atoms with E-state index in [2.05, 4.69) is 5.43 Å². The number of nitrogens with two attached hydrogens (primary N) is 1. The molecule has 1 atom stereocenters. The van der Waals surface area contributed by atoms with E-state index in [1.807, 2.05) is 0 Å². The first kappa shape index (κ1) is 13.9. The maximum Gasteiger partial charge on any atom is 0.145 e. The molecule has 2 aromatic rings. The lowest BCUT2D eigenvalue weighted by Gasteiger charge is -2.17. The Bertz CT molecular complexity index is 575. The van der Waals surface area contributed by atoms with Crippen LogP contribution >= 0.6 is 11.6 Å². The summed E-state index contributed by atoms with van der Waals surface area (Å²) in [5.74, 6) is 4.63. The number of hydrogen-bond donors (Lipinski definition) is 2. The fourth-order valence-corrected chi connectivity index (χ4v) is 2.12. The highest BCUT2D eigenvalue weighted by atomic mass is 35.5. The molecule has 0 aliphatic heterocycles. The van der Waals surface area contributed by atoms with Crippen LogP contribution in [0.1, 0.15) is 17.2 Å². The summed E-state index contributed by atoms with van der Waals surface area (Å²) in [7, 11) is 0. The molecule has 19 heavy (non-hydrogen) atoms. The van der Waals surface area contributed by atoms with Gasteiger partial charge >= 0.3 is 0 Å². The van der Waals surface area contributed by atoms with E-state index in [0.717, 1.165) is 0 Å². The van der Waals surface area contributed by atoms with Gasteiger partial charge in [0.1, 0.15) is 11.6 Å². The fourth-order valence-electron chi connectivity index (χ4n) is 1.92. The Morgan fingerprint density at radius 2 is 1.89 bits per heavy atom. The summed E-state index contributed by atoms with van der Waals surface area (Å²) >= 11 is 5.73. The number of rotatable bonds is 4. The molecule has 100 valence electrons. The predicted molar refractivity (Wildman–Crippen MR) is 71.6 cm³/mol. The third kappa shape index (κ3) is 3.29. The van der Waals surface area contributed by atoms with Gasteiger partial charge in [-0.15, -0.1) is 0 Å². The van der Waals surface area contributed by atoms with Crippen molar-refractivity contribution >= 4 is 11.6 Å². The van der Waals surface area contributed by atoms with Crippen LogP contribution in [-0.2, 0) is 6.42 Å². The van der Waals surface area contributed by atoms with Crippen molar-refractivity contribution in [3.8, 4) is 0 Å². The van der Waals surface area contributed by atoms with E-state index in [1.54, 1.807) is 24.3 Å². The van der Waals surface area contributed by atoms with E-state index in [0.29, 0.717) is 11.1 Å². The molecule has 0 aliphatic carbocycles. The van der Waals surface area contributed by atoms with Crippen LogP contribution in [0.25, 0.3) is 0 Å². The molecule has 0 heterocycles. The molecule has 0 aliphatic rings. The molecular formula is C14H13ClF2N2. The van der Waals surface area contributed by atoms with Crippen molar-refractivity contribution in [2.24, 2.45) is 5.84 Å². The first-order chi connectivity index (χ1) is 9.11. The van der Waals surface area contributed by atoms with Crippen molar-refractivity contribution in [1.82, 2.24) is 5.43 Å². The van der Waals surface area contributed by atoms with Crippen LogP contribution < -0.4 is 11.3 Å².